The third-order valence-electron chi connectivity index (χ3n) is 2.92. The van der Waals surface area contributed by atoms with E-state index in [2.05, 4.69) is 5.32 Å². The molecule has 18 heavy (non-hydrogen) atoms. The van der Waals surface area contributed by atoms with Crippen LogP contribution in [0.15, 0.2) is 18.2 Å². The fourth-order valence-electron chi connectivity index (χ4n) is 1.96. The van der Waals surface area contributed by atoms with Crippen LogP contribution in [-0.4, -0.2) is 36.5 Å². The standard InChI is InChI=1S/C12H14Cl2N2O.ClH/c1-8-7-15-4-5-16(8)12(17)10-6-9(13)2-3-11(10)14;/h2-3,6,8,15H,4-5,7H2,1H3;1H/t8-;/m1./s1. The van der Waals surface area contributed by atoms with Gasteiger partial charge in [0, 0.05) is 30.7 Å². The Balaban J connectivity index is 0.00000162. The molecule has 1 heterocycles. The van der Waals surface area contributed by atoms with Gasteiger partial charge in [-0.15, -0.1) is 12.4 Å². The Hall–Kier alpha value is -0.480. The van der Waals surface area contributed by atoms with Crippen molar-refractivity contribution < 1.29 is 4.79 Å². The van der Waals surface area contributed by atoms with Crippen LogP contribution in [0.2, 0.25) is 10.0 Å². The van der Waals surface area contributed by atoms with Crippen molar-refractivity contribution in [3.63, 3.8) is 0 Å². The molecule has 1 N–H and O–H groups in total. The number of nitrogens with zero attached hydrogens (tertiary/aromatic N) is 1. The number of benzene rings is 1. The number of carbonyl (C=O) groups is 1. The van der Waals surface area contributed by atoms with E-state index in [1.54, 1.807) is 18.2 Å². The molecule has 0 aromatic heterocycles. The largest absolute Gasteiger partial charge is 0.333 e. The maximum Gasteiger partial charge on any atom is 0.255 e. The van der Waals surface area contributed by atoms with Crippen molar-refractivity contribution in [2.45, 2.75) is 13.0 Å². The van der Waals surface area contributed by atoms with Crippen LogP contribution >= 0.6 is 35.6 Å². The van der Waals surface area contributed by atoms with Gasteiger partial charge in [-0.05, 0) is 25.1 Å². The molecule has 0 aliphatic carbocycles. The Morgan fingerprint density at radius 3 is 2.83 bits per heavy atom. The van der Waals surface area contributed by atoms with Gasteiger partial charge in [-0.1, -0.05) is 23.2 Å². The zero-order valence-electron chi connectivity index (χ0n) is 9.95. The molecule has 3 nitrogen and oxygen atoms in total. The molecular formula is C12H15Cl3N2O. The molecular weight excluding hydrogens is 295 g/mol. The molecule has 1 aromatic rings. The lowest BCUT2D eigenvalue weighted by Gasteiger charge is -2.34. The lowest BCUT2D eigenvalue weighted by atomic mass is 10.1. The van der Waals surface area contributed by atoms with E-state index in [0.717, 1.165) is 13.1 Å². The van der Waals surface area contributed by atoms with E-state index in [4.69, 9.17) is 23.2 Å². The topological polar surface area (TPSA) is 32.3 Å². The van der Waals surface area contributed by atoms with E-state index >= 15 is 0 Å². The predicted octanol–water partition coefficient (Wildman–Crippen LogP) is 2.85. The molecule has 1 amide bonds. The summed E-state index contributed by atoms with van der Waals surface area (Å²) in [6.07, 6.45) is 0. The molecule has 1 atom stereocenters. The predicted molar refractivity (Wildman–Crippen MR) is 77.1 cm³/mol. The molecule has 1 aliphatic rings. The minimum Gasteiger partial charge on any atom is -0.333 e. The number of hydrogen-bond acceptors (Lipinski definition) is 2. The van der Waals surface area contributed by atoms with Crippen molar-refractivity contribution in [2.24, 2.45) is 0 Å². The van der Waals surface area contributed by atoms with Crippen molar-refractivity contribution in [1.82, 2.24) is 10.2 Å². The molecule has 2 rings (SSSR count). The number of nitrogens with one attached hydrogen (secondary N) is 1. The van der Waals surface area contributed by atoms with Crippen LogP contribution < -0.4 is 5.32 Å². The van der Waals surface area contributed by atoms with Gasteiger partial charge >= 0.3 is 0 Å². The summed E-state index contributed by atoms with van der Waals surface area (Å²) in [5.74, 6) is -0.0495. The van der Waals surface area contributed by atoms with Crippen LogP contribution in [0, 0.1) is 0 Å². The van der Waals surface area contributed by atoms with E-state index in [1.165, 1.54) is 0 Å². The molecule has 100 valence electrons. The summed E-state index contributed by atoms with van der Waals surface area (Å²) in [4.78, 5) is 14.2. The molecule has 1 saturated heterocycles. The van der Waals surface area contributed by atoms with Crippen LogP contribution in [-0.2, 0) is 0 Å². The zero-order chi connectivity index (χ0) is 12.4. The lowest BCUT2D eigenvalue weighted by Crippen LogP contribution is -2.52. The summed E-state index contributed by atoms with van der Waals surface area (Å²) in [6.45, 7) is 4.34. The van der Waals surface area contributed by atoms with Gasteiger partial charge in [0.25, 0.3) is 5.91 Å². The molecule has 6 heteroatoms. The zero-order valence-corrected chi connectivity index (χ0v) is 12.3. The molecule has 0 saturated carbocycles. The van der Waals surface area contributed by atoms with Crippen molar-refractivity contribution in [1.29, 1.82) is 0 Å². The number of carbonyl (C=O) groups excluding carboxylic acids is 1. The van der Waals surface area contributed by atoms with E-state index in [-0.39, 0.29) is 24.4 Å². The molecule has 1 fully saturated rings. The second-order valence-electron chi connectivity index (χ2n) is 4.18. The monoisotopic (exact) mass is 308 g/mol. The van der Waals surface area contributed by atoms with E-state index < -0.39 is 0 Å². The maximum absolute atomic E-state index is 12.3. The van der Waals surface area contributed by atoms with Gasteiger partial charge in [-0.25, -0.2) is 0 Å². The first-order chi connectivity index (χ1) is 8.09. The van der Waals surface area contributed by atoms with Crippen molar-refractivity contribution in [3.05, 3.63) is 33.8 Å². The number of piperazine rings is 1. The van der Waals surface area contributed by atoms with Gasteiger partial charge in [-0.2, -0.15) is 0 Å². The summed E-state index contributed by atoms with van der Waals surface area (Å²) in [6, 6.07) is 5.14. The molecule has 1 aromatic carbocycles. The van der Waals surface area contributed by atoms with Crippen molar-refractivity contribution in [3.8, 4) is 0 Å². The number of halogens is 3. The van der Waals surface area contributed by atoms with Crippen LogP contribution in [0.3, 0.4) is 0 Å². The van der Waals surface area contributed by atoms with E-state index in [0.29, 0.717) is 22.2 Å². The SMILES string of the molecule is C[C@@H]1CNCCN1C(=O)c1cc(Cl)ccc1Cl.Cl. The van der Waals surface area contributed by atoms with Gasteiger partial charge in [0.1, 0.15) is 0 Å². The highest BCUT2D eigenvalue weighted by atomic mass is 35.5. The summed E-state index contributed by atoms with van der Waals surface area (Å²) < 4.78 is 0. The highest BCUT2D eigenvalue weighted by Crippen LogP contribution is 2.23. The van der Waals surface area contributed by atoms with Gasteiger partial charge < -0.3 is 10.2 Å². The van der Waals surface area contributed by atoms with Crippen molar-refractivity contribution in [2.75, 3.05) is 19.6 Å². The lowest BCUT2D eigenvalue weighted by molar-refractivity contribution is 0.0656. The number of rotatable bonds is 1. The van der Waals surface area contributed by atoms with Gasteiger partial charge in [0.05, 0.1) is 10.6 Å². The van der Waals surface area contributed by atoms with Gasteiger partial charge in [0.15, 0.2) is 0 Å². The summed E-state index contributed by atoms with van der Waals surface area (Å²) >= 11 is 11.9. The Morgan fingerprint density at radius 2 is 2.17 bits per heavy atom. The second-order valence-corrected chi connectivity index (χ2v) is 5.02. The Kier molecular flexibility index (Phi) is 5.73. The normalized spacial score (nSPS) is 19.3. The van der Waals surface area contributed by atoms with E-state index in [9.17, 15) is 4.79 Å². The van der Waals surface area contributed by atoms with Gasteiger partial charge in [0.2, 0.25) is 0 Å². The summed E-state index contributed by atoms with van der Waals surface area (Å²) in [5, 5.41) is 4.22. The highest BCUT2D eigenvalue weighted by Gasteiger charge is 2.25. The average Bonchev–Trinajstić information content (AvgIpc) is 2.32. The van der Waals surface area contributed by atoms with Crippen LogP contribution in [0.5, 0.6) is 0 Å². The van der Waals surface area contributed by atoms with Gasteiger partial charge in [-0.3, -0.25) is 4.79 Å². The smallest absolute Gasteiger partial charge is 0.255 e. The number of hydrogen-bond donors (Lipinski definition) is 1. The highest BCUT2D eigenvalue weighted by molar-refractivity contribution is 6.35. The first kappa shape index (κ1) is 15.6. The Morgan fingerprint density at radius 1 is 1.44 bits per heavy atom. The van der Waals surface area contributed by atoms with E-state index in [1.807, 2.05) is 11.8 Å². The first-order valence-corrected chi connectivity index (χ1v) is 6.32. The molecule has 0 radical (unpaired) electrons. The Labute approximate surface area is 123 Å². The van der Waals surface area contributed by atoms with Crippen LogP contribution in [0.1, 0.15) is 17.3 Å². The maximum atomic E-state index is 12.3. The van der Waals surface area contributed by atoms with Crippen LogP contribution in [0.4, 0.5) is 0 Å². The fraction of sp³-hybridized carbons (Fsp3) is 0.417. The second kappa shape index (κ2) is 6.62. The fourth-order valence-corrected chi connectivity index (χ4v) is 2.33. The average molecular weight is 310 g/mol. The van der Waals surface area contributed by atoms with Crippen LogP contribution in [0.25, 0.3) is 0 Å². The Bertz CT molecular complexity index is 439. The summed E-state index contributed by atoms with van der Waals surface area (Å²) in [5.41, 5.74) is 0.480. The number of amides is 1. The van der Waals surface area contributed by atoms with Crippen molar-refractivity contribution >= 4 is 41.5 Å². The molecule has 0 unspecified atom stereocenters. The quantitative estimate of drug-likeness (QED) is 0.865. The minimum absolute atomic E-state index is 0. The molecule has 1 aliphatic heterocycles. The third kappa shape index (κ3) is 3.29. The molecule has 0 bridgehead atoms. The molecule has 0 spiro atoms. The first-order valence-electron chi connectivity index (χ1n) is 5.56. The summed E-state index contributed by atoms with van der Waals surface area (Å²) in [7, 11) is 0. The third-order valence-corrected chi connectivity index (χ3v) is 3.49. The minimum atomic E-state index is -0.0495.